The third-order valence-corrected chi connectivity index (χ3v) is 5.15. The van der Waals surface area contributed by atoms with Crippen LogP contribution in [-0.4, -0.2) is 106 Å². The number of rotatable bonds is 7. The highest BCUT2D eigenvalue weighted by molar-refractivity contribution is 5.85. The number of carbonyl (C=O) groups is 3. The lowest BCUT2D eigenvalue weighted by atomic mass is 10.2. The normalized spacial score (nSPS) is 17.2. The number of carbonyl (C=O) groups excluding carboxylic acids is 2. The predicted molar refractivity (Wildman–Crippen MR) is 131 cm³/mol. The maximum atomic E-state index is 12.5. The minimum Gasteiger partial charge on any atom is -0.477 e. The van der Waals surface area contributed by atoms with Crippen LogP contribution in [0.1, 0.15) is 57.7 Å². The van der Waals surface area contributed by atoms with E-state index in [1.54, 1.807) is 12.1 Å². The number of aromatic carboxylic acids is 1. The van der Waals surface area contributed by atoms with Gasteiger partial charge >= 0.3 is 17.9 Å². The molecule has 2 rings (SSSR count). The third kappa shape index (κ3) is 11.6. The number of aromatic nitrogens is 1. The Bertz CT molecular complexity index is 835. The Kier molecular flexibility index (Phi) is 10.2. The second-order valence-corrected chi connectivity index (χ2v) is 10.8. The standard InChI is InChI=1S/C25H40N4O6/c1-24(2,3)34-21(30)17-28-12-10-27(16-19-8-7-9-20(26-19)23(32)33)11-13-29(15-14-28)18-22(31)35-25(4,5)6/h7-9H,10-18H2,1-6H3,(H,32,33). The first-order valence-corrected chi connectivity index (χ1v) is 12.0. The average Bonchev–Trinajstić information content (AvgIpc) is 2.78. The molecule has 0 aromatic carbocycles. The Labute approximate surface area is 208 Å². The van der Waals surface area contributed by atoms with Gasteiger partial charge in [0.1, 0.15) is 16.9 Å². The van der Waals surface area contributed by atoms with Crippen LogP contribution in [0.3, 0.4) is 0 Å². The highest BCUT2D eigenvalue weighted by atomic mass is 16.6. The van der Waals surface area contributed by atoms with E-state index in [9.17, 15) is 19.5 Å². The van der Waals surface area contributed by atoms with E-state index in [1.807, 2.05) is 51.3 Å². The van der Waals surface area contributed by atoms with Gasteiger partial charge in [-0.25, -0.2) is 9.78 Å². The lowest BCUT2D eigenvalue weighted by molar-refractivity contribution is -0.158. The molecule has 1 saturated heterocycles. The van der Waals surface area contributed by atoms with E-state index in [0.717, 1.165) is 0 Å². The summed E-state index contributed by atoms with van der Waals surface area (Å²) in [5, 5.41) is 9.26. The van der Waals surface area contributed by atoms with Gasteiger partial charge in [-0.2, -0.15) is 0 Å². The summed E-state index contributed by atoms with van der Waals surface area (Å²) in [6.07, 6.45) is 0. The summed E-state index contributed by atoms with van der Waals surface area (Å²) in [5.41, 5.74) is -0.468. The van der Waals surface area contributed by atoms with Crippen molar-refractivity contribution in [2.24, 2.45) is 0 Å². The fourth-order valence-electron chi connectivity index (χ4n) is 3.69. The van der Waals surface area contributed by atoms with Crippen molar-refractivity contribution >= 4 is 17.9 Å². The topological polar surface area (TPSA) is 113 Å². The van der Waals surface area contributed by atoms with Crippen LogP contribution in [0.4, 0.5) is 0 Å². The number of carboxylic acid groups (broad SMARTS) is 1. The van der Waals surface area contributed by atoms with Crippen molar-refractivity contribution in [1.82, 2.24) is 19.7 Å². The second kappa shape index (κ2) is 12.4. The summed E-state index contributed by atoms with van der Waals surface area (Å²) in [4.78, 5) is 46.7. The van der Waals surface area contributed by atoms with Crippen molar-refractivity contribution in [3.8, 4) is 0 Å². The zero-order chi connectivity index (χ0) is 26.2. The number of hydrogen-bond donors (Lipinski definition) is 1. The largest absolute Gasteiger partial charge is 0.477 e. The summed E-state index contributed by atoms with van der Waals surface area (Å²) in [6.45, 7) is 15.6. The summed E-state index contributed by atoms with van der Waals surface area (Å²) >= 11 is 0. The average molecular weight is 493 g/mol. The molecule has 1 aromatic rings. The van der Waals surface area contributed by atoms with Gasteiger partial charge in [0.25, 0.3) is 0 Å². The maximum absolute atomic E-state index is 12.5. The van der Waals surface area contributed by atoms with Crippen LogP contribution < -0.4 is 0 Å². The molecular weight excluding hydrogens is 452 g/mol. The Morgan fingerprint density at radius 2 is 1.23 bits per heavy atom. The molecule has 1 fully saturated rings. The molecule has 0 unspecified atom stereocenters. The minimum absolute atomic E-state index is 0.00451. The van der Waals surface area contributed by atoms with Gasteiger partial charge in [-0.1, -0.05) is 6.07 Å². The monoisotopic (exact) mass is 492 g/mol. The zero-order valence-corrected chi connectivity index (χ0v) is 21.9. The molecule has 1 aliphatic heterocycles. The van der Waals surface area contributed by atoms with Crippen molar-refractivity contribution in [2.45, 2.75) is 59.3 Å². The van der Waals surface area contributed by atoms with E-state index in [4.69, 9.17) is 9.47 Å². The van der Waals surface area contributed by atoms with Crippen LogP contribution in [0.5, 0.6) is 0 Å². The SMILES string of the molecule is CC(C)(C)OC(=O)CN1CCN(CC(=O)OC(C)(C)C)CCN(Cc2cccc(C(=O)O)n2)CC1. The molecule has 0 aliphatic carbocycles. The molecule has 10 nitrogen and oxygen atoms in total. The van der Waals surface area contributed by atoms with Crippen LogP contribution in [0.15, 0.2) is 18.2 Å². The second-order valence-electron chi connectivity index (χ2n) is 10.8. The van der Waals surface area contributed by atoms with Crippen LogP contribution in [0.25, 0.3) is 0 Å². The van der Waals surface area contributed by atoms with Crippen molar-refractivity contribution in [2.75, 3.05) is 52.4 Å². The molecule has 2 heterocycles. The van der Waals surface area contributed by atoms with Gasteiger partial charge in [0.15, 0.2) is 0 Å². The molecule has 0 saturated carbocycles. The predicted octanol–water partition coefficient (Wildman–Crippen LogP) is 1.88. The number of esters is 2. The number of ether oxygens (including phenoxy) is 2. The van der Waals surface area contributed by atoms with E-state index in [-0.39, 0.29) is 30.7 Å². The van der Waals surface area contributed by atoms with Crippen molar-refractivity contribution in [1.29, 1.82) is 0 Å². The van der Waals surface area contributed by atoms with Gasteiger partial charge < -0.3 is 14.6 Å². The molecule has 0 atom stereocenters. The molecule has 0 amide bonds. The van der Waals surface area contributed by atoms with Crippen LogP contribution in [-0.2, 0) is 25.6 Å². The summed E-state index contributed by atoms with van der Waals surface area (Å²) in [7, 11) is 0. The van der Waals surface area contributed by atoms with E-state index < -0.39 is 17.2 Å². The Balaban J connectivity index is 2.13. The van der Waals surface area contributed by atoms with Gasteiger partial charge in [-0.3, -0.25) is 24.3 Å². The van der Waals surface area contributed by atoms with Crippen LogP contribution in [0, 0.1) is 0 Å². The molecule has 1 aromatic heterocycles. The van der Waals surface area contributed by atoms with Gasteiger partial charge in [0.05, 0.1) is 18.8 Å². The van der Waals surface area contributed by atoms with Gasteiger partial charge in [0.2, 0.25) is 0 Å². The Morgan fingerprint density at radius 1 is 0.800 bits per heavy atom. The molecule has 1 aliphatic rings. The van der Waals surface area contributed by atoms with E-state index in [0.29, 0.717) is 51.5 Å². The molecular formula is C25H40N4O6. The molecule has 10 heteroatoms. The van der Waals surface area contributed by atoms with E-state index in [2.05, 4.69) is 9.88 Å². The molecule has 0 spiro atoms. The van der Waals surface area contributed by atoms with Gasteiger partial charge in [0, 0.05) is 45.8 Å². The van der Waals surface area contributed by atoms with Crippen molar-refractivity contribution in [3.05, 3.63) is 29.6 Å². The number of pyridine rings is 1. The number of hydrogen-bond acceptors (Lipinski definition) is 9. The molecule has 0 radical (unpaired) electrons. The highest BCUT2D eigenvalue weighted by Gasteiger charge is 2.24. The van der Waals surface area contributed by atoms with Gasteiger partial charge in [-0.15, -0.1) is 0 Å². The Hall–Kier alpha value is -2.56. The molecule has 1 N–H and O–H groups in total. The lowest BCUT2D eigenvalue weighted by Crippen LogP contribution is -2.42. The van der Waals surface area contributed by atoms with Gasteiger partial charge in [-0.05, 0) is 53.7 Å². The quantitative estimate of drug-likeness (QED) is 0.566. The van der Waals surface area contributed by atoms with Crippen molar-refractivity contribution in [3.63, 3.8) is 0 Å². The third-order valence-electron chi connectivity index (χ3n) is 5.15. The summed E-state index contributed by atoms with van der Waals surface area (Å²) in [6, 6.07) is 4.96. The van der Waals surface area contributed by atoms with E-state index >= 15 is 0 Å². The molecule has 0 bridgehead atoms. The van der Waals surface area contributed by atoms with Crippen LogP contribution in [0.2, 0.25) is 0 Å². The first-order valence-electron chi connectivity index (χ1n) is 12.0. The number of carboxylic acids is 1. The fourth-order valence-corrected chi connectivity index (χ4v) is 3.69. The smallest absolute Gasteiger partial charge is 0.354 e. The summed E-state index contributed by atoms with van der Waals surface area (Å²) in [5.74, 6) is -1.65. The Morgan fingerprint density at radius 3 is 1.63 bits per heavy atom. The zero-order valence-electron chi connectivity index (χ0n) is 21.9. The first kappa shape index (κ1) is 28.7. The fraction of sp³-hybridized carbons (Fsp3) is 0.680. The van der Waals surface area contributed by atoms with Crippen molar-refractivity contribution < 1.29 is 29.0 Å². The highest BCUT2D eigenvalue weighted by Crippen LogP contribution is 2.11. The maximum Gasteiger partial charge on any atom is 0.354 e. The molecule has 196 valence electrons. The summed E-state index contributed by atoms with van der Waals surface area (Å²) < 4.78 is 11.0. The van der Waals surface area contributed by atoms with E-state index in [1.165, 1.54) is 6.07 Å². The first-order chi connectivity index (χ1) is 16.2. The molecule has 35 heavy (non-hydrogen) atoms. The number of nitrogens with zero attached hydrogens (tertiary/aromatic N) is 4. The minimum atomic E-state index is -1.07. The lowest BCUT2D eigenvalue weighted by Gasteiger charge is -2.27. The van der Waals surface area contributed by atoms with Crippen LogP contribution >= 0.6 is 0 Å².